The van der Waals surface area contributed by atoms with Gasteiger partial charge in [0.1, 0.15) is 0 Å². The van der Waals surface area contributed by atoms with Gasteiger partial charge in [0, 0.05) is 17.8 Å². The number of sulfone groups is 1. The molecule has 0 spiro atoms. The van der Waals surface area contributed by atoms with E-state index in [2.05, 4.69) is 10.6 Å². The van der Waals surface area contributed by atoms with E-state index in [0.717, 1.165) is 12.8 Å². The molecule has 4 atom stereocenters. The molecule has 5 nitrogen and oxygen atoms in total. The third-order valence-electron chi connectivity index (χ3n) is 4.51. The molecule has 116 valence electrons. The first-order valence-corrected chi connectivity index (χ1v) is 9.50. The number of hydrogen-bond acceptors (Lipinski definition) is 4. The summed E-state index contributed by atoms with van der Waals surface area (Å²) in [5, 5.41) is 6.25. The molecule has 0 aromatic rings. The Labute approximate surface area is 121 Å². The van der Waals surface area contributed by atoms with Crippen LogP contribution in [0.2, 0.25) is 0 Å². The van der Waals surface area contributed by atoms with E-state index in [1.54, 1.807) is 13.8 Å². The molecule has 6 heteroatoms. The molecule has 0 aromatic carbocycles. The second-order valence-electron chi connectivity index (χ2n) is 6.21. The first kappa shape index (κ1) is 15.8. The minimum Gasteiger partial charge on any atom is -0.351 e. The number of fused-ring (bicyclic) bond motifs is 1. The van der Waals surface area contributed by atoms with Gasteiger partial charge in [-0.3, -0.25) is 4.79 Å². The highest BCUT2D eigenvalue weighted by Gasteiger charge is 2.38. The summed E-state index contributed by atoms with van der Waals surface area (Å²) in [6.07, 6.45) is 5.77. The van der Waals surface area contributed by atoms with E-state index >= 15 is 0 Å². The lowest BCUT2D eigenvalue weighted by molar-refractivity contribution is -0.123. The monoisotopic (exact) mass is 302 g/mol. The van der Waals surface area contributed by atoms with Crippen LogP contribution in [-0.4, -0.2) is 44.0 Å². The molecule has 0 aromatic heterocycles. The van der Waals surface area contributed by atoms with Crippen molar-refractivity contribution in [2.24, 2.45) is 5.92 Å². The summed E-state index contributed by atoms with van der Waals surface area (Å²) in [4.78, 5) is 12.2. The van der Waals surface area contributed by atoms with Crippen LogP contribution in [0, 0.1) is 5.92 Å². The SMILES string of the molecule is CCS(=O)(=O)CC(C)NC(=O)C1CC2CCCCC2N1. The summed E-state index contributed by atoms with van der Waals surface area (Å²) in [7, 11) is -3.04. The Balaban J connectivity index is 1.83. The minimum atomic E-state index is -3.04. The maximum atomic E-state index is 12.2. The summed E-state index contributed by atoms with van der Waals surface area (Å²) in [5.74, 6) is 0.723. The van der Waals surface area contributed by atoms with Crippen molar-refractivity contribution >= 4 is 15.7 Å². The Morgan fingerprint density at radius 3 is 2.70 bits per heavy atom. The summed E-state index contributed by atoms with van der Waals surface area (Å²) in [5.41, 5.74) is 0. The van der Waals surface area contributed by atoms with Gasteiger partial charge in [-0.05, 0) is 32.1 Å². The van der Waals surface area contributed by atoms with Gasteiger partial charge < -0.3 is 10.6 Å². The molecule has 1 amide bonds. The van der Waals surface area contributed by atoms with E-state index in [9.17, 15) is 13.2 Å². The van der Waals surface area contributed by atoms with Crippen molar-refractivity contribution in [3.8, 4) is 0 Å². The van der Waals surface area contributed by atoms with Crippen LogP contribution in [0.1, 0.15) is 46.0 Å². The van der Waals surface area contributed by atoms with Crippen LogP contribution < -0.4 is 10.6 Å². The van der Waals surface area contributed by atoms with Crippen molar-refractivity contribution in [3.05, 3.63) is 0 Å². The third kappa shape index (κ3) is 3.95. The van der Waals surface area contributed by atoms with Gasteiger partial charge >= 0.3 is 0 Å². The fraction of sp³-hybridized carbons (Fsp3) is 0.929. The van der Waals surface area contributed by atoms with Crippen molar-refractivity contribution < 1.29 is 13.2 Å². The van der Waals surface area contributed by atoms with Gasteiger partial charge in [-0.1, -0.05) is 19.8 Å². The Morgan fingerprint density at radius 2 is 2.05 bits per heavy atom. The highest BCUT2D eigenvalue weighted by Crippen LogP contribution is 2.33. The van der Waals surface area contributed by atoms with Crippen molar-refractivity contribution in [1.82, 2.24) is 10.6 Å². The molecular weight excluding hydrogens is 276 g/mol. The number of rotatable bonds is 5. The molecule has 1 saturated carbocycles. The first-order valence-electron chi connectivity index (χ1n) is 7.68. The van der Waals surface area contributed by atoms with Crippen LogP contribution in [0.25, 0.3) is 0 Å². The van der Waals surface area contributed by atoms with Crippen LogP contribution in [0.5, 0.6) is 0 Å². The average Bonchev–Trinajstić information content (AvgIpc) is 2.81. The summed E-state index contributed by atoms with van der Waals surface area (Å²) in [6, 6.07) is 0.0148. The molecule has 2 fully saturated rings. The molecule has 4 unspecified atom stereocenters. The Hall–Kier alpha value is -0.620. The highest BCUT2D eigenvalue weighted by atomic mass is 32.2. The molecule has 2 aliphatic rings. The predicted octanol–water partition coefficient (Wildman–Crippen LogP) is 0.847. The second kappa shape index (κ2) is 6.43. The maximum Gasteiger partial charge on any atom is 0.237 e. The Morgan fingerprint density at radius 1 is 1.35 bits per heavy atom. The maximum absolute atomic E-state index is 12.2. The summed E-state index contributed by atoms with van der Waals surface area (Å²) < 4.78 is 23.1. The van der Waals surface area contributed by atoms with E-state index in [4.69, 9.17) is 0 Å². The quantitative estimate of drug-likeness (QED) is 0.789. The summed E-state index contributed by atoms with van der Waals surface area (Å²) in [6.45, 7) is 3.39. The third-order valence-corrected chi connectivity index (χ3v) is 6.40. The van der Waals surface area contributed by atoms with E-state index in [1.165, 1.54) is 19.3 Å². The van der Waals surface area contributed by atoms with Crippen molar-refractivity contribution in [2.75, 3.05) is 11.5 Å². The smallest absolute Gasteiger partial charge is 0.237 e. The normalized spacial score (nSPS) is 31.6. The van der Waals surface area contributed by atoms with Gasteiger partial charge in [-0.25, -0.2) is 8.42 Å². The van der Waals surface area contributed by atoms with E-state index in [0.29, 0.717) is 12.0 Å². The van der Waals surface area contributed by atoms with Crippen molar-refractivity contribution in [2.45, 2.75) is 64.1 Å². The van der Waals surface area contributed by atoms with Crippen molar-refractivity contribution in [1.29, 1.82) is 0 Å². The highest BCUT2D eigenvalue weighted by molar-refractivity contribution is 7.91. The largest absolute Gasteiger partial charge is 0.351 e. The van der Waals surface area contributed by atoms with Crippen LogP contribution >= 0.6 is 0 Å². The van der Waals surface area contributed by atoms with Gasteiger partial charge in [0.25, 0.3) is 0 Å². The fourth-order valence-electron chi connectivity index (χ4n) is 3.40. The Kier molecular flexibility index (Phi) is 5.07. The second-order valence-corrected chi connectivity index (χ2v) is 8.61. The van der Waals surface area contributed by atoms with Crippen molar-refractivity contribution in [3.63, 3.8) is 0 Å². The topological polar surface area (TPSA) is 75.3 Å². The van der Waals surface area contributed by atoms with Gasteiger partial charge in [0.15, 0.2) is 9.84 Å². The van der Waals surface area contributed by atoms with Gasteiger partial charge in [0.05, 0.1) is 11.8 Å². The number of carbonyl (C=O) groups is 1. The molecule has 2 N–H and O–H groups in total. The van der Waals surface area contributed by atoms with Gasteiger partial charge in [-0.2, -0.15) is 0 Å². The van der Waals surface area contributed by atoms with Crippen LogP contribution in [-0.2, 0) is 14.6 Å². The first-order chi connectivity index (χ1) is 9.41. The minimum absolute atomic E-state index is 0.0226. The molecule has 1 saturated heterocycles. The van der Waals surface area contributed by atoms with E-state index in [-0.39, 0.29) is 29.5 Å². The number of amides is 1. The molecular formula is C14H26N2O3S. The van der Waals surface area contributed by atoms with Crippen LogP contribution in [0.4, 0.5) is 0 Å². The Bertz CT molecular complexity index is 435. The molecule has 0 bridgehead atoms. The van der Waals surface area contributed by atoms with E-state index in [1.807, 2.05) is 0 Å². The molecule has 0 radical (unpaired) electrons. The lowest BCUT2D eigenvalue weighted by Gasteiger charge is -2.24. The van der Waals surface area contributed by atoms with Crippen LogP contribution in [0.15, 0.2) is 0 Å². The predicted molar refractivity (Wildman–Crippen MR) is 79.2 cm³/mol. The summed E-state index contributed by atoms with van der Waals surface area (Å²) >= 11 is 0. The van der Waals surface area contributed by atoms with E-state index < -0.39 is 9.84 Å². The molecule has 20 heavy (non-hydrogen) atoms. The molecule has 2 rings (SSSR count). The lowest BCUT2D eigenvalue weighted by Crippen LogP contribution is -2.47. The number of carbonyl (C=O) groups excluding carboxylic acids is 1. The lowest BCUT2D eigenvalue weighted by atomic mass is 9.85. The van der Waals surface area contributed by atoms with Gasteiger partial charge in [0.2, 0.25) is 5.91 Å². The fourth-order valence-corrected chi connectivity index (χ4v) is 4.49. The van der Waals surface area contributed by atoms with Gasteiger partial charge in [-0.15, -0.1) is 0 Å². The molecule has 1 aliphatic heterocycles. The zero-order valence-corrected chi connectivity index (χ0v) is 13.2. The molecule has 1 aliphatic carbocycles. The zero-order valence-electron chi connectivity index (χ0n) is 12.4. The standard InChI is InChI=1S/C14H26N2O3S/c1-3-20(18,19)9-10(2)15-14(17)13-8-11-6-4-5-7-12(11)16-13/h10-13,16H,3-9H2,1-2H3,(H,15,17). The average molecular weight is 302 g/mol. The van der Waals surface area contributed by atoms with Crippen LogP contribution in [0.3, 0.4) is 0 Å². The molecule has 1 heterocycles. The number of hydrogen-bond donors (Lipinski definition) is 2. The zero-order chi connectivity index (χ0) is 14.8. The number of nitrogens with one attached hydrogen (secondary N) is 2.